The highest BCUT2D eigenvalue weighted by molar-refractivity contribution is 5.99. The fraction of sp³-hybridized carbons (Fsp3) is 0.533. The molecular formula is C15H20N2O2. The number of rotatable bonds is 2. The third-order valence-corrected chi connectivity index (χ3v) is 4.06. The molecule has 1 saturated heterocycles. The van der Waals surface area contributed by atoms with Crippen LogP contribution in [0, 0.1) is 5.92 Å². The van der Waals surface area contributed by atoms with Crippen molar-refractivity contribution in [1.82, 2.24) is 4.90 Å². The molecule has 4 nitrogen and oxygen atoms in total. The van der Waals surface area contributed by atoms with Gasteiger partial charge in [0.05, 0.1) is 11.3 Å². The normalized spacial score (nSPS) is 21.5. The minimum absolute atomic E-state index is 0.108. The van der Waals surface area contributed by atoms with Gasteiger partial charge in [-0.25, -0.2) is 0 Å². The number of benzene rings is 1. The second-order valence-electron chi connectivity index (χ2n) is 5.27. The van der Waals surface area contributed by atoms with Gasteiger partial charge >= 0.3 is 0 Å². The minimum Gasteiger partial charge on any atom is -0.489 e. The van der Waals surface area contributed by atoms with Crippen LogP contribution in [0.15, 0.2) is 18.2 Å². The second kappa shape index (κ2) is 5.11. The van der Waals surface area contributed by atoms with Crippen molar-refractivity contribution in [3.8, 4) is 5.75 Å². The molecule has 3 rings (SSSR count). The number of carbonyl (C=O) groups excluding carboxylic acids is 1. The monoisotopic (exact) mass is 260 g/mol. The van der Waals surface area contributed by atoms with E-state index in [0.29, 0.717) is 18.1 Å². The number of amides is 1. The lowest BCUT2D eigenvalue weighted by Crippen LogP contribution is -2.30. The van der Waals surface area contributed by atoms with Gasteiger partial charge in [-0.1, -0.05) is 19.4 Å². The van der Waals surface area contributed by atoms with E-state index in [0.717, 1.165) is 43.9 Å². The molecule has 0 radical (unpaired) electrons. The molecule has 1 unspecified atom stereocenters. The molecular weight excluding hydrogens is 240 g/mol. The van der Waals surface area contributed by atoms with Crippen LogP contribution in [0.4, 0.5) is 5.69 Å². The van der Waals surface area contributed by atoms with Gasteiger partial charge in [-0.05, 0) is 24.5 Å². The molecule has 0 aromatic heterocycles. The molecule has 4 heteroatoms. The summed E-state index contributed by atoms with van der Waals surface area (Å²) in [5.41, 5.74) is 1.63. The molecule has 0 spiro atoms. The van der Waals surface area contributed by atoms with E-state index in [-0.39, 0.29) is 5.91 Å². The third kappa shape index (κ3) is 2.27. The standard InChI is InChI=1S/C15H20N2O2/c1-2-11-6-8-17(10-11)15(18)12-4-3-5-13-14(12)19-9-7-16-13/h3-5,11,16H,2,6-10H2,1H3. The van der Waals surface area contributed by atoms with Crippen molar-refractivity contribution < 1.29 is 9.53 Å². The molecule has 1 aromatic carbocycles. The van der Waals surface area contributed by atoms with Crippen LogP contribution >= 0.6 is 0 Å². The summed E-state index contributed by atoms with van der Waals surface area (Å²) in [4.78, 5) is 14.6. The van der Waals surface area contributed by atoms with E-state index in [1.54, 1.807) is 0 Å². The van der Waals surface area contributed by atoms with Crippen molar-refractivity contribution in [2.75, 3.05) is 31.6 Å². The number of fused-ring (bicyclic) bond motifs is 1. The Morgan fingerprint density at radius 1 is 1.53 bits per heavy atom. The van der Waals surface area contributed by atoms with Crippen molar-refractivity contribution in [2.45, 2.75) is 19.8 Å². The molecule has 102 valence electrons. The molecule has 1 fully saturated rings. The maximum absolute atomic E-state index is 12.6. The van der Waals surface area contributed by atoms with Crippen LogP contribution in [0.3, 0.4) is 0 Å². The Hall–Kier alpha value is -1.71. The van der Waals surface area contributed by atoms with Gasteiger partial charge in [0.25, 0.3) is 5.91 Å². The molecule has 1 aromatic rings. The highest BCUT2D eigenvalue weighted by atomic mass is 16.5. The van der Waals surface area contributed by atoms with E-state index in [1.807, 2.05) is 23.1 Å². The Kier molecular flexibility index (Phi) is 3.32. The van der Waals surface area contributed by atoms with E-state index in [4.69, 9.17) is 4.74 Å². The number of hydrogen-bond acceptors (Lipinski definition) is 3. The minimum atomic E-state index is 0.108. The molecule has 19 heavy (non-hydrogen) atoms. The number of nitrogens with zero attached hydrogens (tertiary/aromatic N) is 1. The molecule has 1 atom stereocenters. The highest BCUT2D eigenvalue weighted by Crippen LogP contribution is 2.33. The first kappa shape index (κ1) is 12.3. The molecule has 1 amide bonds. The van der Waals surface area contributed by atoms with Gasteiger partial charge in [0, 0.05) is 19.6 Å². The number of hydrogen-bond donors (Lipinski definition) is 1. The quantitative estimate of drug-likeness (QED) is 0.887. The number of carbonyl (C=O) groups is 1. The predicted molar refractivity (Wildman–Crippen MR) is 74.7 cm³/mol. The van der Waals surface area contributed by atoms with E-state index in [1.165, 1.54) is 0 Å². The van der Waals surface area contributed by atoms with Crippen molar-refractivity contribution in [2.24, 2.45) is 5.92 Å². The Bertz CT molecular complexity index is 487. The fourth-order valence-electron chi connectivity index (χ4n) is 2.86. The summed E-state index contributed by atoms with van der Waals surface area (Å²) in [7, 11) is 0. The molecule has 0 bridgehead atoms. The van der Waals surface area contributed by atoms with Crippen LogP contribution in [0.25, 0.3) is 0 Å². The number of para-hydroxylation sites is 1. The molecule has 1 N–H and O–H groups in total. The smallest absolute Gasteiger partial charge is 0.257 e. The first-order valence-corrected chi connectivity index (χ1v) is 7.08. The van der Waals surface area contributed by atoms with Crippen LogP contribution < -0.4 is 10.1 Å². The zero-order chi connectivity index (χ0) is 13.2. The van der Waals surface area contributed by atoms with Crippen LogP contribution in [-0.2, 0) is 0 Å². The lowest BCUT2D eigenvalue weighted by molar-refractivity contribution is 0.0782. The van der Waals surface area contributed by atoms with E-state index in [2.05, 4.69) is 12.2 Å². The van der Waals surface area contributed by atoms with Crippen molar-refractivity contribution in [3.05, 3.63) is 23.8 Å². The molecule has 2 aliphatic heterocycles. The SMILES string of the molecule is CCC1CCN(C(=O)c2cccc3c2OCCN3)C1. The number of likely N-dealkylation sites (tertiary alicyclic amines) is 1. The topological polar surface area (TPSA) is 41.6 Å². The predicted octanol–water partition coefficient (Wildman–Crippen LogP) is 2.36. The zero-order valence-electron chi connectivity index (χ0n) is 11.3. The third-order valence-electron chi connectivity index (χ3n) is 4.06. The van der Waals surface area contributed by atoms with Crippen LogP contribution in [-0.4, -0.2) is 37.0 Å². The van der Waals surface area contributed by atoms with Crippen LogP contribution in [0.2, 0.25) is 0 Å². The van der Waals surface area contributed by atoms with Gasteiger partial charge in [0.2, 0.25) is 0 Å². The molecule has 2 aliphatic rings. The Labute approximate surface area is 113 Å². The zero-order valence-corrected chi connectivity index (χ0v) is 11.3. The van der Waals surface area contributed by atoms with Gasteiger partial charge in [-0.3, -0.25) is 4.79 Å². The highest BCUT2D eigenvalue weighted by Gasteiger charge is 2.28. The Morgan fingerprint density at radius 3 is 3.21 bits per heavy atom. The molecule has 0 aliphatic carbocycles. The fourth-order valence-corrected chi connectivity index (χ4v) is 2.86. The van der Waals surface area contributed by atoms with Gasteiger partial charge < -0.3 is 15.0 Å². The van der Waals surface area contributed by atoms with Gasteiger partial charge in [-0.2, -0.15) is 0 Å². The summed E-state index contributed by atoms with van der Waals surface area (Å²) in [6.07, 6.45) is 2.27. The summed E-state index contributed by atoms with van der Waals surface area (Å²) in [5.74, 6) is 1.48. The Morgan fingerprint density at radius 2 is 2.42 bits per heavy atom. The van der Waals surface area contributed by atoms with Crippen LogP contribution in [0.5, 0.6) is 5.75 Å². The van der Waals surface area contributed by atoms with E-state index in [9.17, 15) is 4.79 Å². The van der Waals surface area contributed by atoms with Gasteiger partial charge in [-0.15, -0.1) is 0 Å². The first-order valence-electron chi connectivity index (χ1n) is 7.08. The Balaban J connectivity index is 1.84. The lowest BCUT2D eigenvalue weighted by Gasteiger charge is -2.23. The van der Waals surface area contributed by atoms with Crippen molar-refractivity contribution >= 4 is 11.6 Å². The first-order chi connectivity index (χ1) is 9.29. The summed E-state index contributed by atoms with van der Waals surface area (Å²) in [6.45, 7) is 5.36. The van der Waals surface area contributed by atoms with Gasteiger partial charge in [0.1, 0.15) is 6.61 Å². The average Bonchev–Trinajstić information content (AvgIpc) is 2.95. The maximum Gasteiger partial charge on any atom is 0.257 e. The van der Waals surface area contributed by atoms with E-state index < -0.39 is 0 Å². The number of ether oxygens (including phenoxy) is 1. The van der Waals surface area contributed by atoms with E-state index >= 15 is 0 Å². The number of nitrogens with one attached hydrogen (secondary N) is 1. The van der Waals surface area contributed by atoms with Crippen molar-refractivity contribution in [1.29, 1.82) is 0 Å². The summed E-state index contributed by atoms with van der Waals surface area (Å²) in [6, 6.07) is 5.75. The average molecular weight is 260 g/mol. The van der Waals surface area contributed by atoms with Gasteiger partial charge in [0.15, 0.2) is 5.75 Å². The largest absolute Gasteiger partial charge is 0.489 e. The summed E-state index contributed by atoms with van der Waals surface area (Å²) >= 11 is 0. The lowest BCUT2D eigenvalue weighted by atomic mass is 10.1. The summed E-state index contributed by atoms with van der Waals surface area (Å²) in [5, 5.41) is 3.27. The second-order valence-corrected chi connectivity index (χ2v) is 5.27. The van der Waals surface area contributed by atoms with Crippen molar-refractivity contribution in [3.63, 3.8) is 0 Å². The maximum atomic E-state index is 12.6. The summed E-state index contributed by atoms with van der Waals surface area (Å²) < 4.78 is 5.68. The molecule has 0 saturated carbocycles. The molecule has 2 heterocycles. The number of anilines is 1. The van der Waals surface area contributed by atoms with Crippen LogP contribution in [0.1, 0.15) is 30.1 Å².